The van der Waals surface area contributed by atoms with Gasteiger partial charge in [0.25, 0.3) is 0 Å². The van der Waals surface area contributed by atoms with E-state index in [2.05, 4.69) is 175 Å². The summed E-state index contributed by atoms with van der Waals surface area (Å²) in [4.78, 5) is 41.2. The zero-order chi connectivity index (χ0) is 87.1. The zero-order valence-corrected chi connectivity index (χ0v) is 77.7. The maximum absolute atomic E-state index is 6.27. The average Bonchev–Trinajstić information content (AvgIpc) is 1.65. The summed E-state index contributed by atoms with van der Waals surface area (Å²) >= 11 is 33.9. The standard InChI is InChI=1S/C19H21N5.C16H17BrN6S.C16H24N6O.C10H12Br2N6.C10H12BrClN6.C10H12Cl2N6/c20-18-11-17(15-7-4-10-21-12-15)23-19-16(13-22-24(18)19)9-8-14-5-2-1-3-6-14;17-13-14(19)23-15(21-16(13)22-7-6-10(18)9-22)12(8-20-23)24-11-4-2-1-3-5-11;17-15-8-14(12-2-1-3-18-9-12)20-16-13(10-19-22(15)16)11-21-4-6-23-7-5-21;11-6-5-15-18-8(13)7(12)10(16-9(6)18)17-3-1-14-2-4-17;11-7-8(14)18-9(6(12)3-15-18)16-10(7)17-2-1-5(13)4-17;11-6-3-15-18-8(14)7(12)10(16-9(6)18)17-2-1-5(13)4-17/h1-3,5-6,8-9,11,13,15,21H,4,7,10,12,20H2;1-5,8,10H,6-7,9,18-19H2;8,10,12,18H,1-7,9,11,17H2;5,14H,1-4,13H2;2*3,5H,1-2,4,13-14H2/b9-8+;;;;;/t;10-;;;2*5-/m.0..00/s1. The van der Waals surface area contributed by atoms with Gasteiger partial charge in [0.1, 0.15) is 80.8 Å². The van der Waals surface area contributed by atoms with Crippen molar-refractivity contribution in [3.8, 4) is 0 Å². The molecule has 0 amide bonds. The van der Waals surface area contributed by atoms with Gasteiger partial charge in [-0.3, -0.25) is 4.90 Å². The van der Waals surface area contributed by atoms with E-state index in [-0.39, 0.29) is 18.1 Å². The summed E-state index contributed by atoms with van der Waals surface area (Å²) in [5.74, 6) is 7.23. The van der Waals surface area contributed by atoms with Crippen molar-refractivity contribution in [3.63, 3.8) is 0 Å². The molecule has 12 aromatic heterocycles. The zero-order valence-electron chi connectivity index (χ0n) is 68.3. The van der Waals surface area contributed by atoms with Gasteiger partial charge in [0.15, 0.2) is 39.7 Å². The van der Waals surface area contributed by atoms with Crippen LogP contribution in [0.2, 0.25) is 15.1 Å². The minimum absolute atomic E-state index is 0.140. The molecular formula is C81H98Br4Cl3N35OS. The summed E-state index contributed by atoms with van der Waals surface area (Å²) < 4.78 is 18.3. The van der Waals surface area contributed by atoms with Crippen molar-refractivity contribution >= 4 is 214 Å². The third kappa shape index (κ3) is 20.2. The molecule has 36 nitrogen and oxygen atoms in total. The first-order valence-corrected chi connectivity index (χ1v) is 46.4. The van der Waals surface area contributed by atoms with Crippen LogP contribution in [0.25, 0.3) is 46.0 Å². The van der Waals surface area contributed by atoms with Gasteiger partial charge in [-0.1, -0.05) is 101 Å². The third-order valence-corrected chi connectivity index (χ3v) is 27.3. The van der Waals surface area contributed by atoms with Crippen LogP contribution in [0, 0.1) is 0 Å². The van der Waals surface area contributed by atoms with Gasteiger partial charge in [0.05, 0.1) is 71.2 Å². The van der Waals surface area contributed by atoms with E-state index >= 15 is 0 Å². The van der Waals surface area contributed by atoms with Crippen LogP contribution in [0.5, 0.6) is 0 Å². The molecule has 7 aliphatic heterocycles. The molecule has 0 radical (unpaired) electrons. The molecule has 0 bridgehead atoms. The van der Waals surface area contributed by atoms with Crippen LogP contribution in [0.1, 0.15) is 84.9 Å². The number of nitrogens with zero attached hydrogens (tertiary/aromatic N) is 23. The Morgan fingerprint density at radius 3 is 1.46 bits per heavy atom. The minimum atomic E-state index is 0.140. The molecule has 14 aromatic rings. The fraction of sp³-hybridized carbons (Fsp3) is 0.383. The van der Waals surface area contributed by atoms with E-state index in [0.717, 1.165) is 239 Å². The number of halogens is 7. The first-order valence-electron chi connectivity index (χ1n) is 41.3. The van der Waals surface area contributed by atoms with Gasteiger partial charge in [-0.15, -0.1) is 0 Å². The first-order chi connectivity index (χ1) is 60.6. The van der Waals surface area contributed by atoms with E-state index < -0.39 is 0 Å². The normalized spacial score (nSPS) is 19.4. The Bertz CT molecular complexity index is 5900. The number of benzene rings is 2. The molecule has 7 saturated heterocycles. The lowest BCUT2D eigenvalue weighted by atomic mass is 9.96. The third-order valence-electron chi connectivity index (χ3n) is 22.5. The molecule has 125 heavy (non-hydrogen) atoms. The Kier molecular flexibility index (Phi) is 28.8. The highest BCUT2D eigenvalue weighted by atomic mass is 79.9. The summed E-state index contributed by atoms with van der Waals surface area (Å²) in [7, 11) is 0. The number of nitrogen functional groups attached to an aromatic ring is 6. The predicted molar refractivity (Wildman–Crippen MR) is 511 cm³/mol. The van der Waals surface area contributed by atoms with Crippen molar-refractivity contribution in [2.24, 2.45) is 17.2 Å². The second kappa shape index (κ2) is 40.4. The lowest BCUT2D eigenvalue weighted by molar-refractivity contribution is 0.0343. The monoisotopic (exact) mass is 2030 g/mol. The van der Waals surface area contributed by atoms with Gasteiger partial charge in [0.2, 0.25) is 0 Å². The molecule has 7 fully saturated rings. The molecule has 7 aliphatic rings. The second-order valence-corrected chi connectivity index (χ2v) is 36.8. The Morgan fingerprint density at radius 1 is 0.440 bits per heavy atom. The van der Waals surface area contributed by atoms with Crippen molar-refractivity contribution in [2.75, 3.05) is 172 Å². The van der Waals surface area contributed by atoms with E-state index in [1.807, 2.05) is 78.1 Å². The molecule has 658 valence electrons. The van der Waals surface area contributed by atoms with E-state index in [4.69, 9.17) is 106 Å². The molecule has 0 aliphatic carbocycles. The number of nitrogens with one attached hydrogen (secondary N) is 3. The summed E-state index contributed by atoms with van der Waals surface area (Å²) in [6.45, 7) is 17.1. The van der Waals surface area contributed by atoms with Crippen molar-refractivity contribution < 1.29 is 4.74 Å². The van der Waals surface area contributed by atoms with Crippen molar-refractivity contribution in [2.45, 2.75) is 91.2 Å². The Morgan fingerprint density at radius 2 is 0.904 bits per heavy atom. The SMILES string of the molecule is Nc1c(Br)c(N2CCNCC2)nc2c(Br)cnn12.Nc1c(Br)c(N2CC[C@H](N)C2)nc2c(Cl)cnn12.Nc1c(Br)c(N2CC[C@H](N)C2)nc2c(Sc3ccccc3)cnn12.Nc1c(Cl)c(N2CC[C@H](N)C2)nc2c(Cl)cnn12.Nc1cc(C2CCCNC2)nc2c(/C=C/c3ccccc3)cnn12.Nc1cc(C2CCCNC2)nc2c(CN3CCOCC3)cnn12. The van der Waals surface area contributed by atoms with Crippen LogP contribution in [-0.2, 0) is 11.3 Å². The Labute approximate surface area is 772 Å². The molecule has 19 heterocycles. The smallest absolute Gasteiger partial charge is 0.178 e. The molecule has 0 saturated carbocycles. The number of morpholine rings is 1. The van der Waals surface area contributed by atoms with Crippen LogP contribution in [0.4, 0.5) is 58.2 Å². The summed E-state index contributed by atoms with van der Waals surface area (Å²) in [6.07, 6.45) is 21.9. The molecule has 0 spiro atoms. The lowest BCUT2D eigenvalue weighted by Gasteiger charge is -2.29. The fourth-order valence-electron chi connectivity index (χ4n) is 15.9. The van der Waals surface area contributed by atoms with Gasteiger partial charge in [0, 0.05) is 156 Å². The number of aromatic nitrogens is 18. The van der Waals surface area contributed by atoms with Crippen LogP contribution >= 0.6 is 110 Å². The molecular weight excluding hydrogens is 1940 g/mol. The molecule has 21 rings (SSSR count). The van der Waals surface area contributed by atoms with Crippen LogP contribution in [0.3, 0.4) is 0 Å². The van der Waals surface area contributed by atoms with Crippen molar-refractivity contribution in [3.05, 3.63) is 171 Å². The number of rotatable bonds is 12. The van der Waals surface area contributed by atoms with Crippen LogP contribution in [0.15, 0.2) is 138 Å². The van der Waals surface area contributed by atoms with Crippen molar-refractivity contribution in [1.82, 2.24) is 108 Å². The van der Waals surface area contributed by atoms with Gasteiger partial charge in [-0.25, -0.2) is 29.9 Å². The van der Waals surface area contributed by atoms with E-state index in [1.54, 1.807) is 36.0 Å². The molecule has 21 N–H and O–H groups in total. The molecule has 44 heteroatoms. The Hall–Kier alpha value is -9.28. The largest absolute Gasteiger partial charge is 0.384 e. The highest BCUT2D eigenvalue weighted by Gasteiger charge is 2.31. The van der Waals surface area contributed by atoms with E-state index in [1.165, 1.54) is 40.7 Å². The fourth-order valence-corrected chi connectivity index (χ4v) is 19.2. The number of hydrogen-bond donors (Lipinski definition) is 12. The van der Waals surface area contributed by atoms with Crippen LogP contribution < -0.4 is 87.2 Å². The summed E-state index contributed by atoms with van der Waals surface area (Å²) in [5, 5.41) is 37.0. The van der Waals surface area contributed by atoms with Crippen LogP contribution in [-0.4, -0.2) is 229 Å². The quantitative estimate of drug-likeness (QED) is 0.0541. The molecule has 5 atom stereocenters. The van der Waals surface area contributed by atoms with Gasteiger partial charge in [-0.2, -0.15) is 57.7 Å². The summed E-state index contributed by atoms with van der Waals surface area (Å²) in [6, 6.07) is 24.8. The second-order valence-electron chi connectivity index (χ2n) is 31.3. The number of piperazine rings is 1. The highest BCUT2D eigenvalue weighted by molar-refractivity contribution is 9.11. The van der Waals surface area contributed by atoms with E-state index in [0.29, 0.717) is 85.5 Å². The van der Waals surface area contributed by atoms with Gasteiger partial charge in [-0.05, 0) is 146 Å². The topological polar surface area (TPSA) is 477 Å². The summed E-state index contributed by atoms with van der Waals surface area (Å²) in [5.41, 5.74) is 64.3. The minimum Gasteiger partial charge on any atom is -0.384 e. The lowest BCUT2D eigenvalue weighted by Crippen LogP contribution is -2.44. The van der Waals surface area contributed by atoms with Gasteiger partial charge >= 0.3 is 0 Å². The molecule has 2 aromatic carbocycles. The number of piperidine rings is 2. The van der Waals surface area contributed by atoms with E-state index in [9.17, 15) is 0 Å². The molecule has 2 unspecified atom stereocenters. The maximum Gasteiger partial charge on any atom is 0.178 e. The number of anilines is 10. The average molecular weight is 2040 g/mol. The maximum atomic E-state index is 6.27. The number of ether oxygens (including phenoxy) is 1. The Balaban J connectivity index is 0.000000111. The van der Waals surface area contributed by atoms with Crippen molar-refractivity contribution in [1.29, 1.82) is 0 Å². The first kappa shape index (κ1) is 89.1. The highest BCUT2D eigenvalue weighted by Crippen LogP contribution is 2.40. The number of hydrogen-bond acceptors (Lipinski definition) is 31. The number of fused-ring (bicyclic) bond motifs is 6. The van der Waals surface area contributed by atoms with Gasteiger partial charge < -0.3 is 91.9 Å². The number of nitrogens with two attached hydrogens (primary N) is 9. The predicted octanol–water partition coefficient (Wildman–Crippen LogP) is 9.99.